The lowest BCUT2D eigenvalue weighted by Crippen LogP contribution is -2.25. The van der Waals surface area contributed by atoms with Gasteiger partial charge in [0.25, 0.3) is 5.56 Å². The summed E-state index contributed by atoms with van der Waals surface area (Å²) in [5.41, 5.74) is 2.16. The van der Waals surface area contributed by atoms with E-state index in [1.807, 2.05) is 28.0 Å². The third-order valence-electron chi connectivity index (χ3n) is 5.22. The van der Waals surface area contributed by atoms with Gasteiger partial charge in [0, 0.05) is 32.0 Å². The maximum absolute atomic E-state index is 12.4. The second-order valence-electron chi connectivity index (χ2n) is 7.32. The van der Waals surface area contributed by atoms with E-state index in [0.717, 1.165) is 16.9 Å². The molecular weight excluding hydrogens is 418 g/mol. The van der Waals surface area contributed by atoms with E-state index in [2.05, 4.69) is 15.5 Å². The lowest BCUT2D eigenvalue weighted by atomic mass is 10.1. The molecule has 3 N–H and O–H groups in total. The summed E-state index contributed by atoms with van der Waals surface area (Å²) in [6, 6.07) is 8.84. The minimum atomic E-state index is -1.48. The summed E-state index contributed by atoms with van der Waals surface area (Å²) >= 11 is 1.39. The molecule has 162 valence electrons. The molecule has 4 aromatic rings. The van der Waals surface area contributed by atoms with Gasteiger partial charge in [-0.25, -0.2) is 0 Å². The molecular formula is C21H23N5O4S. The lowest BCUT2D eigenvalue weighted by molar-refractivity contribution is -0.121. The molecule has 0 bridgehead atoms. The monoisotopic (exact) mass is 441 g/mol. The Morgan fingerprint density at radius 2 is 1.94 bits per heavy atom. The average molecular weight is 442 g/mol. The van der Waals surface area contributed by atoms with Crippen molar-refractivity contribution in [2.75, 3.05) is 6.54 Å². The molecule has 10 heteroatoms. The van der Waals surface area contributed by atoms with Crippen molar-refractivity contribution < 1.29 is 15.0 Å². The standard InChI is InChI=1S/C21H23N5O4S/c1-25-19(28)18-15(10-12-31-18)26-16(23-24-21(25)26)3-2-4-17(27)22-11-9-13-5-7-14(8-6-13)20(29)30/h5-8,10,12,20,29-30H,2-4,9,11H2,1H3,(H,22,27). The van der Waals surface area contributed by atoms with Crippen molar-refractivity contribution in [2.45, 2.75) is 32.0 Å². The molecule has 0 aliphatic heterocycles. The number of hydrogen-bond donors (Lipinski definition) is 3. The summed E-state index contributed by atoms with van der Waals surface area (Å²) in [6.07, 6.45) is 0.736. The largest absolute Gasteiger partial charge is 0.364 e. The van der Waals surface area contributed by atoms with E-state index in [-0.39, 0.29) is 11.5 Å². The molecule has 1 amide bonds. The summed E-state index contributed by atoms with van der Waals surface area (Å²) in [7, 11) is 1.68. The zero-order valence-corrected chi connectivity index (χ0v) is 17.8. The highest BCUT2D eigenvalue weighted by molar-refractivity contribution is 7.17. The van der Waals surface area contributed by atoms with Crippen LogP contribution in [0.1, 0.15) is 36.1 Å². The van der Waals surface area contributed by atoms with Gasteiger partial charge in [0.2, 0.25) is 11.7 Å². The van der Waals surface area contributed by atoms with Crippen LogP contribution in [0.2, 0.25) is 0 Å². The van der Waals surface area contributed by atoms with Crippen LogP contribution in [0.15, 0.2) is 40.5 Å². The average Bonchev–Trinajstić information content (AvgIpc) is 3.39. The van der Waals surface area contributed by atoms with Crippen LogP contribution in [0.25, 0.3) is 16.0 Å². The van der Waals surface area contributed by atoms with Gasteiger partial charge in [0.15, 0.2) is 6.29 Å². The maximum Gasteiger partial charge on any atom is 0.272 e. The molecule has 1 aromatic carbocycles. The zero-order valence-electron chi connectivity index (χ0n) is 17.0. The molecule has 9 nitrogen and oxygen atoms in total. The normalized spacial score (nSPS) is 11.6. The Hall–Kier alpha value is -3.08. The molecule has 0 spiro atoms. The van der Waals surface area contributed by atoms with E-state index in [0.29, 0.717) is 48.3 Å². The van der Waals surface area contributed by atoms with Crippen LogP contribution in [0.5, 0.6) is 0 Å². The van der Waals surface area contributed by atoms with Gasteiger partial charge in [-0.15, -0.1) is 21.5 Å². The topological polar surface area (TPSA) is 122 Å². The van der Waals surface area contributed by atoms with E-state index in [9.17, 15) is 9.59 Å². The quantitative estimate of drug-likeness (QED) is 0.355. The van der Waals surface area contributed by atoms with E-state index in [1.165, 1.54) is 15.9 Å². The van der Waals surface area contributed by atoms with Crippen molar-refractivity contribution in [1.82, 2.24) is 24.5 Å². The first-order valence-corrected chi connectivity index (χ1v) is 10.9. The summed E-state index contributed by atoms with van der Waals surface area (Å²) < 4.78 is 4.05. The van der Waals surface area contributed by atoms with Crippen LogP contribution < -0.4 is 10.9 Å². The molecule has 31 heavy (non-hydrogen) atoms. The predicted molar refractivity (Wildman–Crippen MR) is 117 cm³/mol. The summed E-state index contributed by atoms with van der Waals surface area (Å²) in [4.78, 5) is 24.6. The minimum absolute atomic E-state index is 0.0377. The molecule has 0 aliphatic rings. The van der Waals surface area contributed by atoms with Crippen LogP contribution in [-0.2, 0) is 24.7 Å². The number of benzene rings is 1. The second-order valence-corrected chi connectivity index (χ2v) is 8.24. The highest BCUT2D eigenvalue weighted by Gasteiger charge is 2.15. The molecule has 0 saturated carbocycles. The van der Waals surface area contributed by atoms with Crippen molar-refractivity contribution in [3.05, 3.63) is 63.0 Å². The Balaban J connectivity index is 1.31. The molecule has 0 saturated heterocycles. The van der Waals surface area contributed by atoms with Crippen LogP contribution in [0, 0.1) is 0 Å². The number of thiophene rings is 1. The van der Waals surface area contributed by atoms with Crippen LogP contribution in [0.4, 0.5) is 0 Å². The Morgan fingerprint density at radius 3 is 2.68 bits per heavy atom. The van der Waals surface area contributed by atoms with Crippen LogP contribution in [-0.4, -0.2) is 41.8 Å². The first kappa shape index (κ1) is 21.2. The second kappa shape index (κ2) is 8.96. The number of nitrogens with zero attached hydrogens (tertiary/aromatic N) is 4. The number of hydrogen-bond acceptors (Lipinski definition) is 7. The number of aliphatic hydroxyl groups excluding tert-OH is 1. The lowest BCUT2D eigenvalue weighted by Gasteiger charge is -2.07. The molecule has 0 radical (unpaired) electrons. The van der Waals surface area contributed by atoms with Crippen molar-refractivity contribution in [3.63, 3.8) is 0 Å². The zero-order chi connectivity index (χ0) is 22.0. The van der Waals surface area contributed by atoms with Crippen molar-refractivity contribution in [3.8, 4) is 0 Å². The Bertz CT molecular complexity index is 1270. The fourth-order valence-corrected chi connectivity index (χ4v) is 4.36. The van der Waals surface area contributed by atoms with Crippen LogP contribution in [0.3, 0.4) is 0 Å². The highest BCUT2D eigenvalue weighted by atomic mass is 32.1. The van der Waals surface area contributed by atoms with E-state index in [4.69, 9.17) is 10.2 Å². The predicted octanol–water partition coefficient (Wildman–Crippen LogP) is 1.31. The van der Waals surface area contributed by atoms with Crippen molar-refractivity contribution >= 4 is 33.2 Å². The Labute approximate surface area is 181 Å². The van der Waals surface area contributed by atoms with Gasteiger partial charge in [0.1, 0.15) is 10.5 Å². The Morgan fingerprint density at radius 1 is 1.16 bits per heavy atom. The number of carbonyl (C=O) groups is 1. The van der Waals surface area contributed by atoms with E-state index in [1.54, 1.807) is 19.2 Å². The summed E-state index contributed by atoms with van der Waals surface area (Å²) in [5.74, 6) is 1.19. The molecule has 0 unspecified atom stereocenters. The SMILES string of the molecule is Cn1c(=O)c2sccc2n2c(CCCC(=O)NCCc3ccc(C(O)O)cc3)nnc12. The van der Waals surface area contributed by atoms with Gasteiger partial charge < -0.3 is 15.5 Å². The number of nitrogens with one attached hydrogen (secondary N) is 1. The number of aryl methyl sites for hydroxylation is 2. The molecule has 0 atom stereocenters. The van der Waals surface area contributed by atoms with Gasteiger partial charge in [-0.1, -0.05) is 24.3 Å². The van der Waals surface area contributed by atoms with Gasteiger partial charge in [-0.2, -0.15) is 0 Å². The molecule has 0 fully saturated rings. The van der Waals surface area contributed by atoms with Gasteiger partial charge >= 0.3 is 0 Å². The number of aromatic nitrogens is 4. The van der Waals surface area contributed by atoms with E-state index < -0.39 is 6.29 Å². The number of amides is 1. The smallest absolute Gasteiger partial charge is 0.272 e. The summed E-state index contributed by atoms with van der Waals surface area (Å²) in [6.45, 7) is 0.505. The van der Waals surface area contributed by atoms with E-state index >= 15 is 0 Å². The molecule has 0 aliphatic carbocycles. The number of rotatable bonds is 8. The summed E-state index contributed by atoms with van der Waals surface area (Å²) in [5, 5.41) is 31.4. The van der Waals surface area contributed by atoms with Crippen molar-refractivity contribution in [1.29, 1.82) is 0 Å². The van der Waals surface area contributed by atoms with Gasteiger partial charge in [-0.05, 0) is 29.9 Å². The van der Waals surface area contributed by atoms with Gasteiger partial charge in [-0.3, -0.25) is 18.6 Å². The fraction of sp³-hybridized carbons (Fsp3) is 0.333. The third kappa shape index (κ3) is 4.36. The molecule has 3 heterocycles. The Kier molecular flexibility index (Phi) is 6.12. The first-order chi connectivity index (χ1) is 15.0. The number of fused-ring (bicyclic) bond motifs is 3. The highest BCUT2D eigenvalue weighted by Crippen LogP contribution is 2.20. The number of aliphatic hydroxyl groups is 2. The third-order valence-corrected chi connectivity index (χ3v) is 6.11. The maximum atomic E-state index is 12.4. The fourth-order valence-electron chi connectivity index (χ4n) is 3.51. The van der Waals surface area contributed by atoms with Gasteiger partial charge in [0.05, 0.1) is 5.52 Å². The molecule has 4 rings (SSSR count). The minimum Gasteiger partial charge on any atom is -0.364 e. The number of carbonyl (C=O) groups excluding carboxylic acids is 1. The van der Waals surface area contributed by atoms with Crippen LogP contribution >= 0.6 is 11.3 Å². The molecule has 3 aromatic heterocycles. The first-order valence-electron chi connectivity index (χ1n) is 9.97. The van der Waals surface area contributed by atoms with Crippen molar-refractivity contribution in [2.24, 2.45) is 7.05 Å².